The molecule has 0 amide bonds. The molecule has 0 N–H and O–H groups in total. The summed E-state index contributed by atoms with van der Waals surface area (Å²) >= 11 is 0. The highest BCUT2D eigenvalue weighted by Gasteiger charge is 2.36. The summed E-state index contributed by atoms with van der Waals surface area (Å²) in [5, 5.41) is 0. The molecular weight excluding hydrogens is 288 g/mol. The van der Waals surface area contributed by atoms with Crippen molar-refractivity contribution in [2.45, 2.75) is 61.0 Å². The fourth-order valence-corrected chi connectivity index (χ4v) is 2.68. The second kappa shape index (κ2) is 7.37. The van der Waals surface area contributed by atoms with Crippen LogP contribution in [-0.2, 0) is 9.53 Å². The number of rotatable bonds is 5. The van der Waals surface area contributed by atoms with E-state index < -0.39 is 0 Å². The molecule has 0 aliphatic heterocycles. The number of methoxy groups -OCH3 is 1. The van der Waals surface area contributed by atoms with E-state index in [1.807, 2.05) is 31.2 Å². The van der Waals surface area contributed by atoms with Crippen LogP contribution in [0, 0.1) is 16.7 Å². The molecule has 0 aromatic heterocycles. The number of hydrogen-bond donors (Lipinski definition) is 0. The molecule has 23 heavy (non-hydrogen) atoms. The predicted molar refractivity (Wildman–Crippen MR) is 94.5 cm³/mol. The number of benzene rings is 1. The third kappa shape index (κ3) is 5.89. The van der Waals surface area contributed by atoms with Crippen molar-refractivity contribution in [2.24, 2.45) is 16.7 Å². The van der Waals surface area contributed by atoms with Gasteiger partial charge in [-0.2, -0.15) is 0 Å². The maximum Gasteiger partial charge on any atom is 0.310 e. The monoisotopic (exact) mass is 320 g/mol. The van der Waals surface area contributed by atoms with Crippen LogP contribution in [0.5, 0.6) is 5.75 Å². The fraction of sp³-hybridized carbons (Fsp3) is 0.650. The lowest BCUT2D eigenvalue weighted by atomic mass is 9.72. The van der Waals surface area contributed by atoms with E-state index in [2.05, 4.69) is 41.5 Å². The number of carbonyl (C=O) groups excluding carboxylic acids is 1. The molecule has 1 aromatic carbocycles. The van der Waals surface area contributed by atoms with Crippen LogP contribution in [0.1, 0.15) is 66.6 Å². The Morgan fingerprint density at radius 3 is 2.13 bits per heavy atom. The molecule has 0 aliphatic carbocycles. The molecule has 3 heteroatoms. The zero-order valence-electron chi connectivity index (χ0n) is 15.9. The molecule has 0 saturated heterocycles. The number of para-hydroxylation sites is 1. The second-order valence-corrected chi connectivity index (χ2v) is 8.50. The number of esters is 1. The molecule has 0 fully saturated rings. The molecule has 0 radical (unpaired) electrons. The maximum atomic E-state index is 12.8. The van der Waals surface area contributed by atoms with Gasteiger partial charge in [0.2, 0.25) is 0 Å². The van der Waals surface area contributed by atoms with Gasteiger partial charge >= 0.3 is 5.97 Å². The van der Waals surface area contributed by atoms with Gasteiger partial charge in [0.1, 0.15) is 11.9 Å². The first-order valence-corrected chi connectivity index (χ1v) is 8.29. The van der Waals surface area contributed by atoms with E-state index in [1.54, 1.807) is 7.11 Å². The van der Waals surface area contributed by atoms with Gasteiger partial charge in [-0.15, -0.1) is 0 Å². The summed E-state index contributed by atoms with van der Waals surface area (Å²) in [7, 11) is 1.63. The molecule has 0 bridgehead atoms. The number of carbonyl (C=O) groups is 1. The van der Waals surface area contributed by atoms with Crippen molar-refractivity contribution in [3.8, 4) is 5.75 Å². The highest BCUT2D eigenvalue weighted by molar-refractivity contribution is 5.73. The minimum Gasteiger partial charge on any atom is -0.496 e. The molecule has 0 saturated carbocycles. The van der Waals surface area contributed by atoms with E-state index in [9.17, 15) is 4.79 Å². The van der Waals surface area contributed by atoms with E-state index >= 15 is 0 Å². The van der Waals surface area contributed by atoms with Gasteiger partial charge in [-0.3, -0.25) is 4.79 Å². The summed E-state index contributed by atoms with van der Waals surface area (Å²) in [6, 6.07) is 7.66. The van der Waals surface area contributed by atoms with Crippen LogP contribution in [0.2, 0.25) is 0 Å². The van der Waals surface area contributed by atoms with Crippen LogP contribution in [0.25, 0.3) is 0 Å². The molecule has 1 aromatic rings. The molecular formula is C20H32O3. The van der Waals surface area contributed by atoms with Gasteiger partial charge in [-0.1, -0.05) is 59.7 Å². The topological polar surface area (TPSA) is 35.5 Å². The lowest BCUT2D eigenvalue weighted by molar-refractivity contribution is -0.159. The Morgan fingerprint density at radius 1 is 1.09 bits per heavy atom. The standard InChI is InChI=1S/C20H32O3/c1-14(15-11-9-10-12-17(15)22-8)23-18(21)16(20(5,6)7)13-19(2,3)4/h9-12,14,16H,13H2,1-8H3. The lowest BCUT2D eigenvalue weighted by Crippen LogP contribution is -2.34. The zero-order valence-corrected chi connectivity index (χ0v) is 15.9. The predicted octanol–water partition coefficient (Wildman–Crippen LogP) is 5.40. The molecule has 0 spiro atoms. The second-order valence-electron chi connectivity index (χ2n) is 8.50. The van der Waals surface area contributed by atoms with E-state index in [0.717, 1.165) is 17.7 Å². The Morgan fingerprint density at radius 2 is 1.65 bits per heavy atom. The first kappa shape index (κ1) is 19.5. The highest BCUT2D eigenvalue weighted by Crippen LogP contribution is 2.38. The first-order valence-electron chi connectivity index (χ1n) is 8.29. The van der Waals surface area contributed by atoms with Crippen LogP contribution < -0.4 is 4.74 Å². The largest absolute Gasteiger partial charge is 0.496 e. The van der Waals surface area contributed by atoms with E-state index in [-0.39, 0.29) is 28.8 Å². The first-order chi connectivity index (χ1) is 10.5. The van der Waals surface area contributed by atoms with E-state index in [4.69, 9.17) is 9.47 Å². The van der Waals surface area contributed by atoms with Gasteiger partial charge in [0.05, 0.1) is 13.0 Å². The van der Waals surface area contributed by atoms with Gasteiger partial charge in [-0.05, 0) is 30.2 Å². The molecule has 0 heterocycles. The van der Waals surface area contributed by atoms with Crippen molar-refractivity contribution in [3.63, 3.8) is 0 Å². The van der Waals surface area contributed by atoms with Crippen molar-refractivity contribution >= 4 is 5.97 Å². The quantitative estimate of drug-likeness (QED) is 0.682. The summed E-state index contributed by atoms with van der Waals surface area (Å²) in [6.45, 7) is 14.6. The van der Waals surface area contributed by atoms with Crippen molar-refractivity contribution < 1.29 is 14.3 Å². The average Bonchev–Trinajstić information content (AvgIpc) is 2.42. The fourth-order valence-electron chi connectivity index (χ4n) is 2.68. The molecule has 2 unspecified atom stereocenters. The van der Waals surface area contributed by atoms with Crippen LogP contribution >= 0.6 is 0 Å². The van der Waals surface area contributed by atoms with E-state index in [1.165, 1.54) is 0 Å². The Balaban J connectivity index is 2.94. The molecule has 0 aliphatic rings. The van der Waals surface area contributed by atoms with Crippen LogP contribution in [0.3, 0.4) is 0 Å². The summed E-state index contributed by atoms with van der Waals surface area (Å²) in [5.41, 5.74) is 0.835. The zero-order chi connectivity index (χ0) is 17.8. The molecule has 1 rings (SSSR count). The van der Waals surface area contributed by atoms with Crippen LogP contribution in [0.15, 0.2) is 24.3 Å². The minimum atomic E-state index is -0.330. The normalized spacial score (nSPS) is 15.0. The summed E-state index contributed by atoms with van der Waals surface area (Å²) in [5.74, 6) is 0.474. The van der Waals surface area contributed by atoms with Crippen molar-refractivity contribution in [2.75, 3.05) is 7.11 Å². The van der Waals surface area contributed by atoms with E-state index in [0.29, 0.717) is 0 Å². The van der Waals surface area contributed by atoms with Gasteiger partial charge in [-0.25, -0.2) is 0 Å². The van der Waals surface area contributed by atoms with Gasteiger partial charge in [0.25, 0.3) is 0 Å². The summed E-state index contributed by atoms with van der Waals surface area (Å²) < 4.78 is 11.2. The lowest BCUT2D eigenvalue weighted by Gasteiger charge is -2.34. The van der Waals surface area contributed by atoms with Gasteiger partial charge in [0, 0.05) is 5.56 Å². The third-order valence-electron chi connectivity index (χ3n) is 4.02. The highest BCUT2D eigenvalue weighted by atomic mass is 16.5. The Labute approximate surface area is 141 Å². The van der Waals surface area contributed by atoms with Crippen molar-refractivity contribution in [1.29, 1.82) is 0 Å². The average molecular weight is 320 g/mol. The molecule has 130 valence electrons. The summed E-state index contributed by atoms with van der Waals surface area (Å²) in [6.07, 6.45) is 0.469. The molecule has 2 atom stereocenters. The van der Waals surface area contributed by atoms with Crippen molar-refractivity contribution in [1.82, 2.24) is 0 Å². The Kier molecular flexibility index (Phi) is 6.26. The van der Waals surface area contributed by atoms with Crippen molar-refractivity contribution in [3.05, 3.63) is 29.8 Å². The van der Waals surface area contributed by atoms with Gasteiger partial charge in [0.15, 0.2) is 0 Å². The van der Waals surface area contributed by atoms with Gasteiger partial charge < -0.3 is 9.47 Å². The summed E-state index contributed by atoms with van der Waals surface area (Å²) in [4.78, 5) is 12.8. The Bertz CT molecular complexity index is 520. The number of ether oxygens (including phenoxy) is 2. The van der Waals surface area contributed by atoms with Crippen LogP contribution in [0.4, 0.5) is 0 Å². The van der Waals surface area contributed by atoms with Crippen LogP contribution in [-0.4, -0.2) is 13.1 Å². The minimum absolute atomic E-state index is 0.0740. The number of hydrogen-bond acceptors (Lipinski definition) is 3. The SMILES string of the molecule is COc1ccccc1C(C)OC(=O)C(CC(C)(C)C)C(C)(C)C. The third-order valence-corrected chi connectivity index (χ3v) is 4.02. The molecule has 3 nitrogen and oxygen atoms in total. The Hall–Kier alpha value is -1.51. The maximum absolute atomic E-state index is 12.8. The smallest absolute Gasteiger partial charge is 0.310 e.